The number of benzene rings is 3. The lowest BCUT2D eigenvalue weighted by molar-refractivity contribution is -0.109. The molecule has 26 heavy (non-hydrogen) atoms. The first-order valence-corrected chi connectivity index (χ1v) is 8.89. The van der Waals surface area contributed by atoms with Crippen LogP contribution in [0.1, 0.15) is 16.7 Å². The summed E-state index contributed by atoms with van der Waals surface area (Å²) in [5, 5.41) is 1.21. The fourth-order valence-electron chi connectivity index (χ4n) is 2.53. The third-order valence-corrected chi connectivity index (χ3v) is 4.56. The van der Waals surface area contributed by atoms with Gasteiger partial charge in [0.05, 0.1) is 0 Å². The first-order chi connectivity index (χ1) is 12.6. The number of halogens is 2. The van der Waals surface area contributed by atoms with E-state index in [1.807, 2.05) is 72.8 Å². The van der Waals surface area contributed by atoms with Crippen molar-refractivity contribution in [3.8, 4) is 0 Å². The minimum Gasteiger partial charge on any atom is -0.289 e. The van der Waals surface area contributed by atoms with E-state index in [2.05, 4.69) is 0 Å². The molecule has 0 saturated carbocycles. The lowest BCUT2D eigenvalue weighted by Gasteiger charge is -2.06. The monoisotopic (exact) mass is 378 g/mol. The Bertz CT molecular complexity index is 972. The van der Waals surface area contributed by atoms with Gasteiger partial charge < -0.3 is 0 Å². The van der Waals surface area contributed by atoms with Gasteiger partial charge in [-0.3, -0.25) is 4.79 Å². The number of carbonyl (C=O) groups is 1. The van der Waals surface area contributed by atoms with Gasteiger partial charge in [0.1, 0.15) is 0 Å². The van der Waals surface area contributed by atoms with Crippen LogP contribution >= 0.6 is 23.2 Å². The Hall–Kier alpha value is -2.61. The maximum atomic E-state index is 12.9. The van der Waals surface area contributed by atoms with Crippen molar-refractivity contribution in [2.24, 2.45) is 0 Å². The highest BCUT2D eigenvalue weighted by molar-refractivity contribution is 6.35. The summed E-state index contributed by atoms with van der Waals surface area (Å²) in [6.07, 6.45) is 5.09. The zero-order chi connectivity index (χ0) is 18.4. The number of ketones is 1. The van der Waals surface area contributed by atoms with Gasteiger partial charge in [-0.05, 0) is 47.1 Å². The molecule has 0 spiro atoms. The van der Waals surface area contributed by atoms with Crippen LogP contribution in [0.25, 0.3) is 17.7 Å². The predicted octanol–water partition coefficient (Wildman–Crippen LogP) is 6.82. The first-order valence-electron chi connectivity index (χ1n) is 8.14. The van der Waals surface area contributed by atoms with Gasteiger partial charge in [0, 0.05) is 15.6 Å². The van der Waals surface area contributed by atoms with Crippen LogP contribution in [0.5, 0.6) is 0 Å². The van der Waals surface area contributed by atoms with Gasteiger partial charge in [-0.25, -0.2) is 0 Å². The Labute approximate surface area is 163 Å². The summed E-state index contributed by atoms with van der Waals surface area (Å²) in [4.78, 5) is 12.9. The smallest absolute Gasteiger partial charge is 0.186 e. The third-order valence-electron chi connectivity index (χ3n) is 3.87. The van der Waals surface area contributed by atoms with Crippen molar-refractivity contribution in [1.82, 2.24) is 0 Å². The van der Waals surface area contributed by atoms with E-state index in [0.29, 0.717) is 15.6 Å². The summed E-state index contributed by atoms with van der Waals surface area (Å²) >= 11 is 12.4. The minimum absolute atomic E-state index is 0.115. The molecule has 0 atom stereocenters. The fraction of sp³-hybridized carbons (Fsp3) is 0. The topological polar surface area (TPSA) is 17.1 Å². The number of hydrogen-bond acceptors (Lipinski definition) is 1. The summed E-state index contributed by atoms with van der Waals surface area (Å²) in [6, 6.07) is 24.4. The molecule has 0 radical (unpaired) electrons. The van der Waals surface area contributed by atoms with E-state index in [0.717, 1.165) is 16.7 Å². The number of allylic oxidation sites excluding steroid dienone is 2. The summed E-state index contributed by atoms with van der Waals surface area (Å²) in [5.74, 6) is -0.115. The number of carbonyl (C=O) groups excluding carboxylic acids is 1. The maximum absolute atomic E-state index is 12.9. The molecule has 0 bridgehead atoms. The van der Waals surface area contributed by atoms with Gasteiger partial charge in [0.25, 0.3) is 0 Å². The first kappa shape index (κ1) is 18.2. The quantitative estimate of drug-likeness (QED) is 0.351. The Morgan fingerprint density at radius 2 is 1.23 bits per heavy atom. The minimum atomic E-state index is -0.115. The van der Waals surface area contributed by atoms with Crippen molar-refractivity contribution in [1.29, 1.82) is 0 Å². The molecule has 0 N–H and O–H groups in total. The van der Waals surface area contributed by atoms with Gasteiger partial charge in [-0.2, -0.15) is 0 Å². The summed E-state index contributed by atoms with van der Waals surface area (Å²) < 4.78 is 0. The molecule has 0 aliphatic heterocycles. The van der Waals surface area contributed by atoms with Crippen molar-refractivity contribution < 1.29 is 4.79 Å². The summed E-state index contributed by atoms with van der Waals surface area (Å²) in [5.41, 5.74) is 3.00. The van der Waals surface area contributed by atoms with Crippen LogP contribution in [0.3, 0.4) is 0 Å². The molecule has 0 amide bonds. The van der Waals surface area contributed by atoms with Crippen molar-refractivity contribution >= 4 is 46.7 Å². The van der Waals surface area contributed by atoms with E-state index in [9.17, 15) is 4.79 Å². The zero-order valence-electron chi connectivity index (χ0n) is 13.9. The Morgan fingerprint density at radius 1 is 0.692 bits per heavy atom. The average Bonchev–Trinajstić information content (AvgIpc) is 2.67. The third kappa shape index (κ3) is 4.51. The molecule has 0 unspecified atom stereocenters. The molecule has 0 aliphatic carbocycles. The van der Waals surface area contributed by atoms with Gasteiger partial charge in [0.2, 0.25) is 0 Å². The van der Waals surface area contributed by atoms with Gasteiger partial charge in [0.15, 0.2) is 5.78 Å². The molecular weight excluding hydrogens is 363 g/mol. The van der Waals surface area contributed by atoms with Crippen molar-refractivity contribution in [3.05, 3.63) is 112 Å². The fourth-order valence-corrected chi connectivity index (χ4v) is 2.92. The Balaban J connectivity index is 2.00. The SMILES string of the molecule is O=C(/C=C/c1ccccc1Cl)C(=Cc1ccccc1Cl)c1ccccc1. The Morgan fingerprint density at radius 3 is 1.85 bits per heavy atom. The maximum Gasteiger partial charge on any atom is 0.186 e. The lowest BCUT2D eigenvalue weighted by atomic mass is 9.98. The molecule has 0 saturated heterocycles. The molecule has 0 aliphatic rings. The van der Waals surface area contributed by atoms with Gasteiger partial charge in [-0.15, -0.1) is 0 Å². The van der Waals surface area contributed by atoms with E-state index in [-0.39, 0.29) is 5.78 Å². The molecule has 3 rings (SSSR count). The Kier molecular flexibility index (Phi) is 6.06. The predicted molar refractivity (Wildman–Crippen MR) is 111 cm³/mol. The van der Waals surface area contributed by atoms with Crippen molar-refractivity contribution in [3.63, 3.8) is 0 Å². The largest absolute Gasteiger partial charge is 0.289 e. The van der Waals surface area contributed by atoms with Crippen LogP contribution in [-0.2, 0) is 4.79 Å². The highest BCUT2D eigenvalue weighted by Gasteiger charge is 2.10. The molecule has 0 fully saturated rings. The highest BCUT2D eigenvalue weighted by Crippen LogP contribution is 2.25. The van der Waals surface area contributed by atoms with Crippen LogP contribution in [0.4, 0.5) is 0 Å². The highest BCUT2D eigenvalue weighted by atomic mass is 35.5. The second-order valence-electron chi connectivity index (χ2n) is 5.66. The molecule has 3 aromatic rings. The summed E-state index contributed by atoms with van der Waals surface area (Å²) in [7, 11) is 0. The molecule has 0 aromatic heterocycles. The molecule has 128 valence electrons. The van der Waals surface area contributed by atoms with Crippen LogP contribution in [-0.4, -0.2) is 5.78 Å². The molecule has 1 nitrogen and oxygen atoms in total. The van der Waals surface area contributed by atoms with Gasteiger partial charge >= 0.3 is 0 Å². The van der Waals surface area contributed by atoms with Crippen LogP contribution in [0.15, 0.2) is 84.9 Å². The second kappa shape index (κ2) is 8.66. The standard InChI is InChI=1S/C23H16Cl2O/c24-21-12-6-4-10-18(21)14-15-23(26)20(17-8-2-1-3-9-17)16-19-11-5-7-13-22(19)25/h1-16H/b15-14+,20-16?. The van der Waals surface area contributed by atoms with Gasteiger partial charge in [-0.1, -0.05) is 89.9 Å². The van der Waals surface area contributed by atoms with Crippen LogP contribution in [0.2, 0.25) is 10.0 Å². The second-order valence-corrected chi connectivity index (χ2v) is 6.48. The van der Waals surface area contributed by atoms with Crippen LogP contribution < -0.4 is 0 Å². The van der Waals surface area contributed by atoms with E-state index in [1.165, 1.54) is 6.08 Å². The molecule has 3 aromatic carbocycles. The van der Waals surface area contributed by atoms with Crippen molar-refractivity contribution in [2.75, 3.05) is 0 Å². The van der Waals surface area contributed by atoms with Crippen LogP contribution in [0, 0.1) is 0 Å². The molecule has 3 heteroatoms. The van der Waals surface area contributed by atoms with Crippen molar-refractivity contribution in [2.45, 2.75) is 0 Å². The van der Waals surface area contributed by atoms with E-state index >= 15 is 0 Å². The summed E-state index contributed by atoms with van der Waals surface area (Å²) in [6.45, 7) is 0. The lowest BCUT2D eigenvalue weighted by Crippen LogP contribution is -1.98. The number of rotatable bonds is 5. The molecule has 0 heterocycles. The zero-order valence-corrected chi connectivity index (χ0v) is 15.4. The van der Waals surface area contributed by atoms with E-state index < -0.39 is 0 Å². The number of hydrogen-bond donors (Lipinski definition) is 0. The molecular formula is C23H16Cl2O. The average molecular weight is 379 g/mol. The van der Waals surface area contributed by atoms with E-state index in [4.69, 9.17) is 23.2 Å². The van der Waals surface area contributed by atoms with E-state index in [1.54, 1.807) is 18.2 Å². The normalized spacial score (nSPS) is 11.7.